The van der Waals surface area contributed by atoms with Crippen molar-refractivity contribution in [2.45, 2.75) is 24.5 Å². The maximum absolute atomic E-state index is 11.1. The number of nitro groups is 1. The monoisotopic (exact) mass is 302 g/mol. The number of nitrogens with one attached hydrogen (secondary N) is 1. The fraction of sp³-hybridized carbons (Fsp3) is 0.250. The summed E-state index contributed by atoms with van der Waals surface area (Å²) < 4.78 is 0. The van der Waals surface area contributed by atoms with Crippen molar-refractivity contribution >= 4 is 23.1 Å². The van der Waals surface area contributed by atoms with Crippen LogP contribution in [0.25, 0.3) is 0 Å². The second-order valence-corrected chi connectivity index (χ2v) is 5.75. The van der Waals surface area contributed by atoms with Gasteiger partial charge in [-0.2, -0.15) is 0 Å². The molecule has 0 aliphatic carbocycles. The van der Waals surface area contributed by atoms with Gasteiger partial charge in [0.1, 0.15) is 5.69 Å². The maximum Gasteiger partial charge on any atom is 0.292 e. The Balaban J connectivity index is 2.20. The lowest BCUT2D eigenvalue weighted by Gasteiger charge is -2.11. The Morgan fingerprint density at radius 3 is 2.52 bits per heavy atom. The molecule has 110 valence electrons. The highest BCUT2D eigenvalue weighted by molar-refractivity contribution is 7.98. The summed E-state index contributed by atoms with van der Waals surface area (Å²) in [4.78, 5) is 11.9. The number of anilines is 1. The maximum atomic E-state index is 11.1. The van der Waals surface area contributed by atoms with Gasteiger partial charge in [-0.25, -0.2) is 0 Å². The standard InChI is InChI=1S/C16H18N2O2S/c1-3-17-16-13(5-4-6-15(16)18(19)20)11-21-14-9-7-12(2)8-10-14/h4-10,17H,3,11H2,1-2H3. The van der Waals surface area contributed by atoms with Crippen LogP contribution in [0.1, 0.15) is 18.1 Å². The predicted octanol–water partition coefficient (Wildman–Crippen LogP) is 4.63. The molecule has 0 spiro atoms. The Morgan fingerprint density at radius 1 is 1.19 bits per heavy atom. The fourth-order valence-electron chi connectivity index (χ4n) is 2.04. The number of rotatable bonds is 6. The van der Waals surface area contributed by atoms with Gasteiger partial charge in [0.2, 0.25) is 0 Å². The lowest BCUT2D eigenvalue weighted by molar-refractivity contribution is -0.384. The van der Waals surface area contributed by atoms with Crippen molar-refractivity contribution < 1.29 is 4.92 Å². The molecule has 0 radical (unpaired) electrons. The Morgan fingerprint density at radius 2 is 1.90 bits per heavy atom. The summed E-state index contributed by atoms with van der Waals surface area (Å²) in [7, 11) is 0. The number of hydrogen-bond donors (Lipinski definition) is 1. The molecule has 0 saturated heterocycles. The van der Waals surface area contributed by atoms with E-state index in [2.05, 4.69) is 36.5 Å². The van der Waals surface area contributed by atoms with E-state index in [1.54, 1.807) is 17.8 Å². The molecule has 0 aliphatic heterocycles. The largest absolute Gasteiger partial charge is 0.380 e. The van der Waals surface area contributed by atoms with Crippen LogP contribution in [-0.2, 0) is 5.75 Å². The highest BCUT2D eigenvalue weighted by atomic mass is 32.2. The molecule has 0 unspecified atom stereocenters. The van der Waals surface area contributed by atoms with Gasteiger partial charge < -0.3 is 5.32 Å². The minimum atomic E-state index is -0.335. The first kappa shape index (κ1) is 15.4. The Labute approximate surface area is 128 Å². The average Bonchev–Trinajstić information content (AvgIpc) is 2.47. The number of hydrogen-bond acceptors (Lipinski definition) is 4. The highest BCUT2D eigenvalue weighted by Crippen LogP contribution is 2.32. The van der Waals surface area contributed by atoms with Gasteiger partial charge in [-0.15, -0.1) is 11.8 Å². The first-order chi connectivity index (χ1) is 10.1. The van der Waals surface area contributed by atoms with Gasteiger partial charge in [0.25, 0.3) is 5.69 Å². The van der Waals surface area contributed by atoms with Gasteiger partial charge in [-0.3, -0.25) is 10.1 Å². The molecule has 0 bridgehead atoms. The summed E-state index contributed by atoms with van der Waals surface area (Å²) in [5.41, 5.74) is 2.95. The number of thioether (sulfide) groups is 1. The molecule has 0 atom stereocenters. The topological polar surface area (TPSA) is 55.2 Å². The van der Waals surface area contributed by atoms with Crippen LogP contribution in [0, 0.1) is 17.0 Å². The highest BCUT2D eigenvalue weighted by Gasteiger charge is 2.16. The predicted molar refractivity (Wildman–Crippen MR) is 88.0 cm³/mol. The van der Waals surface area contributed by atoms with E-state index in [1.165, 1.54) is 11.6 Å². The third-order valence-electron chi connectivity index (χ3n) is 3.09. The Hall–Kier alpha value is -2.01. The number of aryl methyl sites for hydroxylation is 1. The lowest BCUT2D eigenvalue weighted by atomic mass is 10.1. The third kappa shape index (κ3) is 3.98. The van der Waals surface area contributed by atoms with Crippen LogP contribution in [0.15, 0.2) is 47.4 Å². The summed E-state index contributed by atoms with van der Waals surface area (Å²) in [6.07, 6.45) is 0. The molecule has 0 amide bonds. The van der Waals surface area contributed by atoms with E-state index in [-0.39, 0.29) is 10.6 Å². The average molecular weight is 302 g/mol. The number of para-hydroxylation sites is 1. The van der Waals surface area contributed by atoms with E-state index < -0.39 is 0 Å². The van der Waals surface area contributed by atoms with Gasteiger partial charge >= 0.3 is 0 Å². The molecule has 1 N–H and O–H groups in total. The van der Waals surface area contributed by atoms with Crippen LogP contribution < -0.4 is 5.32 Å². The number of benzene rings is 2. The van der Waals surface area contributed by atoms with E-state index in [1.807, 2.05) is 13.0 Å². The van der Waals surface area contributed by atoms with E-state index in [4.69, 9.17) is 0 Å². The van der Waals surface area contributed by atoms with Gasteiger partial charge in [-0.05, 0) is 31.5 Å². The molecule has 0 heterocycles. The van der Waals surface area contributed by atoms with Crippen LogP contribution in [0.2, 0.25) is 0 Å². The van der Waals surface area contributed by atoms with Crippen molar-refractivity contribution in [3.63, 3.8) is 0 Å². The second kappa shape index (κ2) is 7.13. The SMILES string of the molecule is CCNc1c(CSc2ccc(C)cc2)cccc1[N+](=O)[O-]. The molecule has 0 aliphatic rings. The molecule has 0 saturated carbocycles. The molecule has 2 aromatic carbocycles. The summed E-state index contributed by atoms with van der Waals surface area (Å²) in [5.74, 6) is 0.701. The molecule has 2 rings (SSSR count). The zero-order chi connectivity index (χ0) is 15.2. The van der Waals surface area contributed by atoms with Crippen molar-refractivity contribution in [1.29, 1.82) is 0 Å². The van der Waals surface area contributed by atoms with Crippen LogP contribution in [0.3, 0.4) is 0 Å². The minimum Gasteiger partial charge on any atom is -0.380 e. The molecule has 4 nitrogen and oxygen atoms in total. The quantitative estimate of drug-likeness (QED) is 0.480. The summed E-state index contributed by atoms with van der Waals surface area (Å²) in [6, 6.07) is 13.5. The fourth-order valence-corrected chi connectivity index (χ4v) is 2.93. The zero-order valence-corrected chi connectivity index (χ0v) is 12.9. The van der Waals surface area contributed by atoms with Crippen molar-refractivity contribution in [3.8, 4) is 0 Å². The molecule has 2 aromatic rings. The number of nitrogens with zero attached hydrogens (tertiary/aromatic N) is 1. The summed E-state index contributed by atoms with van der Waals surface area (Å²) in [5, 5.41) is 14.2. The van der Waals surface area contributed by atoms with Crippen molar-refractivity contribution in [3.05, 3.63) is 63.7 Å². The van der Waals surface area contributed by atoms with Crippen molar-refractivity contribution in [1.82, 2.24) is 0 Å². The first-order valence-corrected chi connectivity index (χ1v) is 7.80. The smallest absolute Gasteiger partial charge is 0.292 e. The van der Waals surface area contributed by atoms with E-state index in [0.29, 0.717) is 18.0 Å². The van der Waals surface area contributed by atoms with Gasteiger partial charge in [0, 0.05) is 23.3 Å². The van der Waals surface area contributed by atoms with Crippen molar-refractivity contribution in [2.75, 3.05) is 11.9 Å². The Kier molecular flexibility index (Phi) is 5.22. The third-order valence-corrected chi connectivity index (χ3v) is 4.16. The second-order valence-electron chi connectivity index (χ2n) is 4.70. The van der Waals surface area contributed by atoms with E-state index in [0.717, 1.165) is 10.5 Å². The number of nitro benzene ring substituents is 1. The van der Waals surface area contributed by atoms with E-state index in [9.17, 15) is 10.1 Å². The van der Waals surface area contributed by atoms with Crippen LogP contribution in [0.4, 0.5) is 11.4 Å². The van der Waals surface area contributed by atoms with Crippen LogP contribution in [0.5, 0.6) is 0 Å². The zero-order valence-electron chi connectivity index (χ0n) is 12.1. The normalized spacial score (nSPS) is 10.4. The molecular weight excluding hydrogens is 284 g/mol. The summed E-state index contributed by atoms with van der Waals surface area (Å²) in [6.45, 7) is 4.65. The first-order valence-electron chi connectivity index (χ1n) is 6.81. The minimum absolute atomic E-state index is 0.138. The summed E-state index contributed by atoms with van der Waals surface area (Å²) >= 11 is 1.68. The molecular formula is C16H18N2O2S. The van der Waals surface area contributed by atoms with Gasteiger partial charge in [-0.1, -0.05) is 29.8 Å². The van der Waals surface area contributed by atoms with Gasteiger partial charge in [0.15, 0.2) is 0 Å². The lowest BCUT2D eigenvalue weighted by Crippen LogP contribution is -2.04. The van der Waals surface area contributed by atoms with Crippen LogP contribution >= 0.6 is 11.8 Å². The molecule has 21 heavy (non-hydrogen) atoms. The molecule has 0 aromatic heterocycles. The van der Waals surface area contributed by atoms with Crippen LogP contribution in [-0.4, -0.2) is 11.5 Å². The van der Waals surface area contributed by atoms with E-state index >= 15 is 0 Å². The molecule has 5 heteroatoms. The van der Waals surface area contributed by atoms with Crippen molar-refractivity contribution in [2.24, 2.45) is 0 Å². The van der Waals surface area contributed by atoms with Gasteiger partial charge in [0.05, 0.1) is 4.92 Å². The Bertz CT molecular complexity index is 627. The molecule has 0 fully saturated rings.